The first kappa shape index (κ1) is 11.3. The molecule has 2 N–H and O–H groups in total. The van der Waals surface area contributed by atoms with Crippen LogP contribution in [0.3, 0.4) is 0 Å². The number of hydrogen-bond acceptors (Lipinski definition) is 3. The average Bonchev–Trinajstić information content (AvgIpc) is 2.94. The maximum Gasteiger partial charge on any atom is 0.201 e. The van der Waals surface area contributed by atoms with Crippen molar-refractivity contribution in [3.8, 4) is 0 Å². The van der Waals surface area contributed by atoms with E-state index in [2.05, 4.69) is 40.1 Å². The Balaban J connectivity index is 2.00. The number of benzene rings is 1. The predicted molar refractivity (Wildman–Crippen MR) is 76.9 cm³/mol. The Morgan fingerprint density at radius 3 is 2.89 bits per heavy atom. The summed E-state index contributed by atoms with van der Waals surface area (Å²) in [7, 11) is 0. The number of fused-ring (bicyclic) bond motifs is 1. The number of nitrogens with two attached hydrogens (primary N) is 1. The molecule has 3 nitrogen and oxygen atoms in total. The van der Waals surface area contributed by atoms with Crippen molar-refractivity contribution in [3.05, 3.63) is 46.7 Å². The molecule has 0 radical (unpaired) electrons. The van der Waals surface area contributed by atoms with Crippen LogP contribution in [-0.2, 0) is 6.42 Å². The van der Waals surface area contributed by atoms with Gasteiger partial charge in [0.15, 0.2) is 0 Å². The SMILES string of the molecule is CC(Cc1cccs1)n1c(N)nc2ccccc21. The van der Waals surface area contributed by atoms with E-state index in [1.807, 2.05) is 18.2 Å². The van der Waals surface area contributed by atoms with Crippen LogP contribution in [0.5, 0.6) is 0 Å². The Morgan fingerprint density at radius 1 is 1.28 bits per heavy atom. The summed E-state index contributed by atoms with van der Waals surface area (Å²) in [6.07, 6.45) is 0.988. The fourth-order valence-electron chi connectivity index (χ4n) is 2.34. The van der Waals surface area contributed by atoms with Crippen molar-refractivity contribution < 1.29 is 0 Å². The third-order valence-electron chi connectivity index (χ3n) is 3.14. The lowest BCUT2D eigenvalue weighted by atomic mass is 10.2. The van der Waals surface area contributed by atoms with E-state index < -0.39 is 0 Å². The summed E-state index contributed by atoms with van der Waals surface area (Å²) in [6.45, 7) is 2.18. The summed E-state index contributed by atoms with van der Waals surface area (Å²) in [5, 5.41) is 2.11. The van der Waals surface area contributed by atoms with Crippen LogP contribution in [0.1, 0.15) is 17.8 Å². The van der Waals surface area contributed by atoms with Gasteiger partial charge in [0.05, 0.1) is 11.0 Å². The van der Waals surface area contributed by atoms with E-state index in [4.69, 9.17) is 5.73 Å². The summed E-state index contributed by atoms with van der Waals surface area (Å²) in [6, 6.07) is 12.7. The Kier molecular flexibility index (Phi) is 2.80. The lowest BCUT2D eigenvalue weighted by molar-refractivity contribution is 0.571. The Morgan fingerprint density at radius 2 is 2.11 bits per heavy atom. The summed E-state index contributed by atoms with van der Waals surface area (Å²) in [5.74, 6) is 0.597. The van der Waals surface area contributed by atoms with Gasteiger partial charge in [0.1, 0.15) is 0 Å². The molecule has 18 heavy (non-hydrogen) atoms. The number of nitrogens with zero attached hydrogens (tertiary/aromatic N) is 2. The molecular formula is C14H15N3S. The molecule has 3 rings (SSSR count). The van der Waals surface area contributed by atoms with Crippen molar-refractivity contribution in [2.24, 2.45) is 0 Å². The summed E-state index contributed by atoms with van der Waals surface area (Å²) < 4.78 is 2.12. The van der Waals surface area contributed by atoms with E-state index in [1.54, 1.807) is 11.3 Å². The molecule has 2 heterocycles. The van der Waals surface area contributed by atoms with Gasteiger partial charge in [-0.3, -0.25) is 0 Å². The highest BCUT2D eigenvalue weighted by molar-refractivity contribution is 7.09. The molecule has 0 aliphatic carbocycles. The first-order valence-corrected chi connectivity index (χ1v) is 6.88. The molecule has 1 unspecified atom stereocenters. The normalized spacial score (nSPS) is 12.9. The Bertz CT molecular complexity index is 655. The predicted octanol–water partition coefficient (Wildman–Crippen LogP) is 3.48. The van der Waals surface area contributed by atoms with E-state index in [-0.39, 0.29) is 0 Å². The van der Waals surface area contributed by atoms with Crippen molar-refractivity contribution in [1.29, 1.82) is 0 Å². The molecule has 0 aliphatic rings. The highest BCUT2D eigenvalue weighted by atomic mass is 32.1. The van der Waals surface area contributed by atoms with Crippen LogP contribution in [0, 0.1) is 0 Å². The molecule has 3 aromatic rings. The second-order valence-corrected chi connectivity index (χ2v) is 5.49. The molecule has 0 saturated carbocycles. The standard InChI is InChI=1S/C14H15N3S/c1-10(9-11-5-4-8-18-11)17-13-7-3-2-6-12(13)16-14(17)15/h2-8,10H,9H2,1H3,(H2,15,16). The molecule has 2 aromatic heterocycles. The van der Waals surface area contributed by atoms with Crippen LogP contribution in [0.15, 0.2) is 41.8 Å². The Hall–Kier alpha value is -1.81. The van der Waals surface area contributed by atoms with Gasteiger partial charge in [-0.25, -0.2) is 4.98 Å². The maximum absolute atomic E-state index is 6.04. The zero-order valence-corrected chi connectivity index (χ0v) is 11.0. The van der Waals surface area contributed by atoms with Crippen LogP contribution >= 0.6 is 11.3 Å². The van der Waals surface area contributed by atoms with Crippen LogP contribution < -0.4 is 5.73 Å². The van der Waals surface area contributed by atoms with Crippen LogP contribution in [0.4, 0.5) is 5.95 Å². The monoisotopic (exact) mass is 257 g/mol. The Labute approximate surface area is 110 Å². The van der Waals surface area contributed by atoms with Gasteiger partial charge in [0, 0.05) is 17.3 Å². The second-order valence-electron chi connectivity index (χ2n) is 4.46. The lowest BCUT2D eigenvalue weighted by Crippen LogP contribution is -2.10. The van der Waals surface area contributed by atoms with Gasteiger partial charge in [-0.1, -0.05) is 18.2 Å². The molecule has 0 amide bonds. The number of anilines is 1. The number of aromatic nitrogens is 2. The number of rotatable bonds is 3. The second kappa shape index (κ2) is 4.46. The van der Waals surface area contributed by atoms with E-state index in [9.17, 15) is 0 Å². The number of para-hydroxylation sites is 2. The smallest absolute Gasteiger partial charge is 0.201 e. The van der Waals surface area contributed by atoms with Crippen LogP contribution in [0.2, 0.25) is 0 Å². The van der Waals surface area contributed by atoms with Crippen molar-refractivity contribution >= 4 is 28.3 Å². The fourth-order valence-corrected chi connectivity index (χ4v) is 3.16. The summed E-state index contributed by atoms with van der Waals surface area (Å²) in [5.41, 5.74) is 8.11. The number of nitrogen functional groups attached to an aromatic ring is 1. The van der Waals surface area contributed by atoms with Crippen LogP contribution in [0.25, 0.3) is 11.0 Å². The molecule has 92 valence electrons. The van der Waals surface area contributed by atoms with Crippen molar-refractivity contribution in [1.82, 2.24) is 9.55 Å². The molecular weight excluding hydrogens is 242 g/mol. The van der Waals surface area contributed by atoms with Crippen LogP contribution in [-0.4, -0.2) is 9.55 Å². The van der Waals surface area contributed by atoms with Gasteiger partial charge in [0.25, 0.3) is 0 Å². The van der Waals surface area contributed by atoms with Gasteiger partial charge < -0.3 is 10.3 Å². The van der Waals surface area contributed by atoms with Crippen molar-refractivity contribution in [2.45, 2.75) is 19.4 Å². The molecule has 1 atom stereocenters. The fraction of sp³-hybridized carbons (Fsp3) is 0.214. The highest BCUT2D eigenvalue weighted by Gasteiger charge is 2.14. The third-order valence-corrected chi connectivity index (χ3v) is 4.04. The van der Waals surface area contributed by atoms with E-state index in [0.717, 1.165) is 17.5 Å². The first-order chi connectivity index (χ1) is 8.75. The lowest BCUT2D eigenvalue weighted by Gasteiger charge is -2.15. The van der Waals surface area contributed by atoms with Crippen molar-refractivity contribution in [2.75, 3.05) is 5.73 Å². The van der Waals surface area contributed by atoms with Gasteiger partial charge in [-0.15, -0.1) is 11.3 Å². The van der Waals surface area contributed by atoms with Gasteiger partial charge >= 0.3 is 0 Å². The molecule has 1 aromatic carbocycles. The minimum Gasteiger partial charge on any atom is -0.369 e. The van der Waals surface area contributed by atoms with Gasteiger partial charge in [-0.2, -0.15) is 0 Å². The molecule has 0 aliphatic heterocycles. The van der Waals surface area contributed by atoms with Crippen molar-refractivity contribution in [3.63, 3.8) is 0 Å². The summed E-state index contributed by atoms with van der Waals surface area (Å²) >= 11 is 1.79. The topological polar surface area (TPSA) is 43.8 Å². The van der Waals surface area contributed by atoms with E-state index in [1.165, 1.54) is 4.88 Å². The van der Waals surface area contributed by atoms with Gasteiger partial charge in [-0.05, 0) is 30.5 Å². The quantitative estimate of drug-likeness (QED) is 0.780. The van der Waals surface area contributed by atoms with E-state index in [0.29, 0.717) is 12.0 Å². The first-order valence-electron chi connectivity index (χ1n) is 6.00. The minimum absolute atomic E-state index is 0.316. The third kappa shape index (κ3) is 1.88. The number of thiophene rings is 1. The summed E-state index contributed by atoms with van der Waals surface area (Å²) in [4.78, 5) is 5.78. The van der Waals surface area contributed by atoms with Gasteiger partial charge in [0.2, 0.25) is 5.95 Å². The maximum atomic E-state index is 6.04. The van der Waals surface area contributed by atoms with E-state index >= 15 is 0 Å². The zero-order valence-electron chi connectivity index (χ0n) is 10.2. The number of hydrogen-bond donors (Lipinski definition) is 1. The molecule has 0 bridgehead atoms. The zero-order chi connectivity index (χ0) is 12.5. The molecule has 0 saturated heterocycles. The molecule has 0 spiro atoms. The molecule has 4 heteroatoms. The highest BCUT2D eigenvalue weighted by Crippen LogP contribution is 2.26. The average molecular weight is 257 g/mol. The molecule has 0 fully saturated rings. The largest absolute Gasteiger partial charge is 0.369 e. The number of imidazole rings is 1. The minimum atomic E-state index is 0.316.